The number of nitrogens with one attached hydrogen (secondary N) is 1. The number of hydrogen-bond acceptors (Lipinski definition) is 2. The Hall–Kier alpha value is -1.80. The van der Waals surface area contributed by atoms with Gasteiger partial charge in [0.15, 0.2) is 0 Å². The zero-order chi connectivity index (χ0) is 13.7. The van der Waals surface area contributed by atoms with Crippen molar-refractivity contribution in [1.82, 2.24) is 5.32 Å². The van der Waals surface area contributed by atoms with Gasteiger partial charge in [0.1, 0.15) is 11.5 Å². The van der Waals surface area contributed by atoms with Crippen molar-refractivity contribution < 1.29 is 4.74 Å². The molecule has 0 amide bonds. The average Bonchev–Trinajstić information content (AvgIpc) is 2.41. The minimum atomic E-state index is 0.831. The summed E-state index contributed by atoms with van der Waals surface area (Å²) in [6.45, 7) is 8.06. The molecule has 2 aromatic carbocycles. The molecule has 2 aromatic rings. The van der Waals surface area contributed by atoms with Gasteiger partial charge in [-0.05, 0) is 38.1 Å². The Morgan fingerprint density at radius 1 is 1.00 bits per heavy atom. The topological polar surface area (TPSA) is 21.3 Å². The van der Waals surface area contributed by atoms with E-state index in [1.807, 2.05) is 24.3 Å². The van der Waals surface area contributed by atoms with E-state index < -0.39 is 0 Å². The van der Waals surface area contributed by atoms with Crippen molar-refractivity contribution in [2.24, 2.45) is 0 Å². The zero-order valence-electron chi connectivity index (χ0n) is 11.9. The van der Waals surface area contributed by atoms with Crippen LogP contribution >= 0.6 is 0 Å². The van der Waals surface area contributed by atoms with Gasteiger partial charge in [0.2, 0.25) is 0 Å². The molecule has 0 aliphatic rings. The van der Waals surface area contributed by atoms with E-state index in [1.165, 1.54) is 16.7 Å². The summed E-state index contributed by atoms with van der Waals surface area (Å²) in [7, 11) is 0. The first kappa shape index (κ1) is 13.6. The van der Waals surface area contributed by atoms with E-state index in [0.717, 1.165) is 24.6 Å². The summed E-state index contributed by atoms with van der Waals surface area (Å²) in [5, 5.41) is 3.33. The van der Waals surface area contributed by atoms with Crippen LogP contribution in [0.3, 0.4) is 0 Å². The van der Waals surface area contributed by atoms with E-state index in [9.17, 15) is 0 Å². The fraction of sp³-hybridized carbons (Fsp3) is 0.294. The second kappa shape index (κ2) is 6.39. The number of hydrogen-bond donors (Lipinski definition) is 1. The van der Waals surface area contributed by atoms with Crippen molar-refractivity contribution >= 4 is 0 Å². The monoisotopic (exact) mass is 255 g/mol. The second-order valence-electron chi connectivity index (χ2n) is 4.76. The molecule has 0 bridgehead atoms. The van der Waals surface area contributed by atoms with Crippen LogP contribution in [0, 0.1) is 13.8 Å². The minimum absolute atomic E-state index is 0.831. The number of rotatable bonds is 5. The maximum absolute atomic E-state index is 6.05. The lowest BCUT2D eigenvalue weighted by molar-refractivity contribution is 0.469. The quantitative estimate of drug-likeness (QED) is 0.864. The lowest BCUT2D eigenvalue weighted by Gasteiger charge is -2.13. The van der Waals surface area contributed by atoms with Crippen LogP contribution in [0.15, 0.2) is 42.5 Å². The van der Waals surface area contributed by atoms with E-state index >= 15 is 0 Å². The molecule has 0 heterocycles. The van der Waals surface area contributed by atoms with E-state index in [0.29, 0.717) is 0 Å². The number of benzene rings is 2. The molecule has 2 rings (SSSR count). The molecular formula is C17H21NO. The Morgan fingerprint density at radius 2 is 1.79 bits per heavy atom. The Bertz CT molecular complexity index is 549. The highest BCUT2D eigenvalue weighted by Gasteiger charge is 2.06. The van der Waals surface area contributed by atoms with Gasteiger partial charge < -0.3 is 10.1 Å². The molecule has 0 spiro atoms. The highest BCUT2D eigenvalue weighted by molar-refractivity contribution is 5.42. The van der Waals surface area contributed by atoms with Crippen LogP contribution in [0.1, 0.15) is 23.6 Å². The first-order valence-corrected chi connectivity index (χ1v) is 6.74. The predicted molar refractivity (Wildman–Crippen MR) is 79.8 cm³/mol. The minimum Gasteiger partial charge on any atom is -0.457 e. The Labute approximate surface area is 115 Å². The van der Waals surface area contributed by atoms with Crippen LogP contribution in [0.2, 0.25) is 0 Å². The highest BCUT2D eigenvalue weighted by Crippen LogP contribution is 2.28. The summed E-state index contributed by atoms with van der Waals surface area (Å²) >= 11 is 0. The fourth-order valence-electron chi connectivity index (χ4n) is 2.04. The maximum atomic E-state index is 6.05. The molecule has 0 saturated heterocycles. The van der Waals surface area contributed by atoms with Gasteiger partial charge in [-0.1, -0.05) is 42.8 Å². The van der Waals surface area contributed by atoms with Crippen molar-refractivity contribution in [1.29, 1.82) is 0 Å². The van der Waals surface area contributed by atoms with Gasteiger partial charge in [0.05, 0.1) is 0 Å². The van der Waals surface area contributed by atoms with Crippen LogP contribution in [0.5, 0.6) is 11.5 Å². The van der Waals surface area contributed by atoms with Crippen LogP contribution in [0.25, 0.3) is 0 Å². The van der Waals surface area contributed by atoms with Gasteiger partial charge in [0.25, 0.3) is 0 Å². The largest absolute Gasteiger partial charge is 0.457 e. The SMILES string of the molecule is CCNCc1ccccc1Oc1ccc(C)cc1C. The standard InChI is InChI=1S/C17H21NO/c1-4-18-12-15-7-5-6-8-17(15)19-16-10-9-13(2)11-14(16)3/h5-11,18H,4,12H2,1-3H3. The Kier molecular flexibility index (Phi) is 4.58. The Morgan fingerprint density at radius 3 is 2.53 bits per heavy atom. The van der Waals surface area contributed by atoms with Gasteiger partial charge in [-0.25, -0.2) is 0 Å². The molecule has 0 aliphatic carbocycles. The van der Waals surface area contributed by atoms with E-state index in [-0.39, 0.29) is 0 Å². The lowest BCUT2D eigenvalue weighted by atomic mass is 10.1. The molecule has 1 N–H and O–H groups in total. The van der Waals surface area contributed by atoms with Gasteiger partial charge in [0, 0.05) is 12.1 Å². The highest BCUT2D eigenvalue weighted by atomic mass is 16.5. The third-order valence-electron chi connectivity index (χ3n) is 3.09. The fourth-order valence-corrected chi connectivity index (χ4v) is 2.04. The third kappa shape index (κ3) is 3.58. The summed E-state index contributed by atoms with van der Waals surface area (Å²) in [5.41, 5.74) is 3.60. The van der Waals surface area contributed by atoms with Crippen LogP contribution in [0.4, 0.5) is 0 Å². The van der Waals surface area contributed by atoms with E-state index in [2.05, 4.69) is 44.3 Å². The van der Waals surface area contributed by atoms with Crippen molar-refractivity contribution in [2.75, 3.05) is 6.54 Å². The van der Waals surface area contributed by atoms with Gasteiger partial charge >= 0.3 is 0 Å². The molecule has 0 aliphatic heterocycles. The zero-order valence-corrected chi connectivity index (χ0v) is 11.9. The first-order chi connectivity index (χ1) is 9.20. The van der Waals surface area contributed by atoms with Crippen LogP contribution in [-0.4, -0.2) is 6.54 Å². The van der Waals surface area contributed by atoms with Crippen molar-refractivity contribution in [3.63, 3.8) is 0 Å². The molecular weight excluding hydrogens is 234 g/mol. The van der Waals surface area contributed by atoms with E-state index in [1.54, 1.807) is 0 Å². The molecule has 0 aromatic heterocycles. The van der Waals surface area contributed by atoms with Gasteiger partial charge in [-0.2, -0.15) is 0 Å². The molecule has 0 fully saturated rings. The third-order valence-corrected chi connectivity index (χ3v) is 3.09. The summed E-state index contributed by atoms with van der Waals surface area (Å²) in [4.78, 5) is 0. The lowest BCUT2D eigenvalue weighted by Crippen LogP contribution is -2.12. The molecule has 2 nitrogen and oxygen atoms in total. The summed E-state index contributed by atoms with van der Waals surface area (Å²) in [5.74, 6) is 1.85. The summed E-state index contributed by atoms with van der Waals surface area (Å²) in [6.07, 6.45) is 0. The van der Waals surface area contributed by atoms with Crippen molar-refractivity contribution in [3.8, 4) is 11.5 Å². The molecule has 0 saturated carbocycles. The molecule has 0 unspecified atom stereocenters. The van der Waals surface area contributed by atoms with Crippen molar-refractivity contribution in [3.05, 3.63) is 59.2 Å². The maximum Gasteiger partial charge on any atom is 0.131 e. The van der Waals surface area contributed by atoms with Crippen LogP contribution in [-0.2, 0) is 6.54 Å². The van der Waals surface area contributed by atoms with Gasteiger partial charge in [-0.15, -0.1) is 0 Å². The average molecular weight is 255 g/mol. The predicted octanol–water partition coefficient (Wildman–Crippen LogP) is 4.21. The smallest absolute Gasteiger partial charge is 0.131 e. The van der Waals surface area contributed by atoms with E-state index in [4.69, 9.17) is 4.74 Å². The molecule has 2 heteroatoms. The second-order valence-corrected chi connectivity index (χ2v) is 4.76. The number of ether oxygens (including phenoxy) is 1. The number of para-hydroxylation sites is 1. The Balaban J connectivity index is 2.22. The first-order valence-electron chi connectivity index (χ1n) is 6.74. The molecule has 19 heavy (non-hydrogen) atoms. The van der Waals surface area contributed by atoms with Crippen LogP contribution < -0.4 is 10.1 Å². The van der Waals surface area contributed by atoms with Gasteiger partial charge in [-0.3, -0.25) is 0 Å². The number of aryl methyl sites for hydroxylation is 2. The van der Waals surface area contributed by atoms with Crippen molar-refractivity contribution in [2.45, 2.75) is 27.3 Å². The normalized spacial score (nSPS) is 10.5. The molecule has 0 atom stereocenters. The molecule has 100 valence electrons. The summed E-state index contributed by atoms with van der Waals surface area (Å²) < 4.78 is 6.05. The summed E-state index contributed by atoms with van der Waals surface area (Å²) in [6, 6.07) is 14.4. The molecule has 0 radical (unpaired) electrons.